The molecule has 37 heavy (non-hydrogen) atoms. The molecule has 0 bridgehead atoms. The fourth-order valence-corrected chi connectivity index (χ4v) is 3.90. The normalized spacial score (nSPS) is 16.9. The van der Waals surface area contributed by atoms with E-state index in [1.165, 1.54) is 4.90 Å². The van der Waals surface area contributed by atoms with E-state index in [-0.39, 0.29) is 38.0 Å². The molecule has 1 aromatic carbocycles. The number of rotatable bonds is 16. The third-order valence-corrected chi connectivity index (χ3v) is 5.70. The van der Waals surface area contributed by atoms with Crippen molar-refractivity contribution in [3.8, 4) is 11.8 Å². The summed E-state index contributed by atoms with van der Waals surface area (Å²) in [6.45, 7) is 4.39. The molecule has 11 heteroatoms. The highest BCUT2D eigenvalue weighted by Gasteiger charge is 2.39. The lowest BCUT2D eigenvalue weighted by Gasteiger charge is -2.29. The number of piperidine rings is 1. The number of aliphatic hydroxyl groups is 1. The molecule has 1 aromatic rings. The van der Waals surface area contributed by atoms with Gasteiger partial charge in [-0.3, -0.25) is 19.7 Å². The fraction of sp³-hybridized carbons (Fsp3) is 0.577. The first-order valence-corrected chi connectivity index (χ1v) is 12.4. The maximum atomic E-state index is 12.9. The van der Waals surface area contributed by atoms with Crippen molar-refractivity contribution in [3.63, 3.8) is 0 Å². The lowest BCUT2D eigenvalue weighted by atomic mass is 10.0. The molecule has 1 unspecified atom stereocenters. The number of imide groups is 1. The molecule has 2 N–H and O–H groups in total. The molecule has 3 amide bonds. The van der Waals surface area contributed by atoms with Gasteiger partial charge in [0.2, 0.25) is 11.8 Å². The number of carbonyl (C=O) groups excluding carboxylic acids is 3. The molecular weight excluding hydrogens is 484 g/mol. The zero-order valence-corrected chi connectivity index (χ0v) is 20.9. The summed E-state index contributed by atoms with van der Waals surface area (Å²) in [6, 6.07) is 4.69. The Labute approximate surface area is 216 Å². The Morgan fingerprint density at radius 1 is 0.892 bits per heavy atom. The maximum Gasteiger partial charge on any atom is 0.255 e. The maximum absolute atomic E-state index is 12.9. The Balaban J connectivity index is 1.27. The second-order valence-corrected chi connectivity index (χ2v) is 8.26. The lowest BCUT2D eigenvalue weighted by Crippen LogP contribution is -2.52. The van der Waals surface area contributed by atoms with E-state index in [2.05, 4.69) is 17.2 Å². The number of nitrogens with zero attached hydrogens (tertiary/aromatic N) is 1. The number of aliphatic hydroxyl groups excluding tert-OH is 1. The Morgan fingerprint density at radius 3 is 2.14 bits per heavy atom. The Hall–Kier alpha value is -2.85. The van der Waals surface area contributed by atoms with Crippen LogP contribution in [0.4, 0.5) is 0 Å². The largest absolute Gasteiger partial charge is 0.394 e. The first kappa shape index (κ1) is 28.7. The monoisotopic (exact) mass is 518 g/mol. The predicted molar refractivity (Wildman–Crippen MR) is 131 cm³/mol. The summed E-state index contributed by atoms with van der Waals surface area (Å²) in [6.07, 6.45) is 0.542. The Bertz CT molecular complexity index is 973. The molecule has 2 aliphatic rings. The second kappa shape index (κ2) is 16.1. The molecule has 0 spiro atoms. The highest BCUT2D eigenvalue weighted by Crippen LogP contribution is 2.29. The van der Waals surface area contributed by atoms with Gasteiger partial charge in [-0.15, -0.1) is 0 Å². The molecule has 11 nitrogen and oxygen atoms in total. The quantitative estimate of drug-likeness (QED) is 0.175. The summed E-state index contributed by atoms with van der Waals surface area (Å²) in [4.78, 5) is 38.0. The molecule has 2 heterocycles. The minimum atomic E-state index is -0.650. The van der Waals surface area contributed by atoms with Crippen molar-refractivity contribution in [2.45, 2.75) is 25.4 Å². The SMILES string of the molecule is O=C1CCC(N2Cc3c(C#CCOCCOCCOCCOCCOCCO)cccc3C2=O)C(=O)N1. The van der Waals surface area contributed by atoms with Crippen LogP contribution in [0, 0.1) is 11.8 Å². The molecule has 0 saturated carbocycles. The number of ether oxygens (including phenoxy) is 5. The van der Waals surface area contributed by atoms with Crippen LogP contribution < -0.4 is 5.32 Å². The third-order valence-electron chi connectivity index (χ3n) is 5.70. The van der Waals surface area contributed by atoms with Crippen molar-refractivity contribution in [2.24, 2.45) is 0 Å². The van der Waals surface area contributed by atoms with Crippen molar-refractivity contribution < 1.29 is 43.2 Å². The average Bonchev–Trinajstić information content (AvgIpc) is 3.22. The van der Waals surface area contributed by atoms with Gasteiger partial charge in [-0.1, -0.05) is 17.9 Å². The second-order valence-electron chi connectivity index (χ2n) is 8.26. The predicted octanol–water partition coefficient (Wildman–Crippen LogP) is -0.126. The third kappa shape index (κ3) is 9.19. The van der Waals surface area contributed by atoms with E-state index in [9.17, 15) is 14.4 Å². The number of fused-ring (bicyclic) bond motifs is 1. The van der Waals surface area contributed by atoms with Gasteiger partial charge in [0.1, 0.15) is 12.6 Å². The van der Waals surface area contributed by atoms with Crippen molar-refractivity contribution in [3.05, 3.63) is 34.9 Å². The van der Waals surface area contributed by atoms with E-state index >= 15 is 0 Å². The van der Waals surface area contributed by atoms with E-state index in [0.29, 0.717) is 71.4 Å². The van der Waals surface area contributed by atoms with Crippen molar-refractivity contribution in [1.82, 2.24) is 10.2 Å². The van der Waals surface area contributed by atoms with Gasteiger partial charge in [-0.25, -0.2) is 0 Å². The van der Waals surface area contributed by atoms with Gasteiger partial charge < -0.3 is 33.7 Å². The van der Waals surface area contributed by atoms with Crippen LogP contribution in [0.15, 0.2) is 18.2 Å². The number of hydrogen-bond donors (Lipinski definition) is 2. The van der Waals surface area contributed by atoms with Gasteiger partial charge in [-0.05, 0) is 24.1 Å². The smallest absolute Gasteiger partial charge is 0.255 e. The highest BCUT2D eigenvalue weighted by molar-refractivity contribution is 6.05. The molecule has 3 rings (SSSR count). The Kier molecular flexibility index (Phi) is 12.5. The minimum absolute atomic E-state index is 0.00859. The van der Waals surface area contributed by atoms with Gasteiger partial charge in [0, 0.05) is 24.1 Å². The topological polar surface area (TPSA) is 133 Å². The van der Waals surface area contributed by atoms with Gasteiger partial charge >= 0.3 is 0 Å². The summed E-state index contributed by atoms with van der Waals surface area (Å²) >= 11 is 0. The standard InChI is InChI=1S/C26H34N2O9/c29-8-10-34-12-14-36-16-18-37-17-15-35-13-11-33-9-2-4-20-3-1-5-21-22(20)19-28(26(21)32)23-6-7-24(30)27-25(23)31/h1,3,5,23,29H,6-19H2,(H,27,30,31). The van der Waals surface area contributed by atoms with Crippen LogP contribution >= 0.6 is 0 Å². The summed E-state index contributed by atoms with van der Waals surface area (Å²) in [5.41, 5.74) is 2.04. The summed E-state index contributed by atoms with van der Waals surface area (Å²) in [5.74, 6) is 5.05. The zero-order valence-electron chi connectivity index (χ0n) is 20.9. The fourth-order valence-electron chi connectivity index (χ4n) is 3.90. The van der Waals surface area contributed by atoms with Crippen molar-refractivity contribution in [2.75, 3.05) is 72.7 Å². The van der Waals surface area contributed by atoms with Crippen LogP contribution in [-0.2, 0) is 39.8 Å². The van der Waals surface area contributed by atoms with E-state index in [4.69, 9.17) is 28.8 Å². The Morgan fingerprint density at radius 2 is 1.51 bits per heavy atom. The molecule has 1 atom stereocenters. The van der Waals surface area contributed by atoms with Crippen LogP contribution in [0.2, 0.25) is 0 Å². The van der Waals surface area contributed by atoms with Gasteiger partial charge in [0.25, 0.3) is 5.91 Å². The lowest BCUT2D eigenvalue weighted by molar-refractivity contribution is -0.136. The van der Waals surface area contributed by atoms with Gasteiger partial charge in [-0.2, -0.15) is 0 Å². The van der Waals surface area contributed by atoms with E-state index < -0.39 is 11.9 Å². The number of benzene rings is 1. The van der Waals surface area contributed by atoms with Crippen LogP contribution in [0.1, 0.15) is 34.3 Å². The van der Waals surface area contributed by atoms with Gasteiger partial charge in [0.05, 0.1) is 66.1 Å². The van der Waals surface area contributed by atoms with Crippen LogP contribution in [0.3, 0.4) is 0 Å². The molecule has 0 aromatic heterocycles. The number of amides is 3. The van der Waals surface area contributed by atoms with Gasteiger partial charge in [0.15, 0.2) is 0 Å². The van der Waals surface area contributed by atoms with E-state index in [0.717, 1.165) is 11.1 Å². The molecule has 1 fully saturated rings. The minimum Gasteiger partial charge on any atom is -0.394 e. The van der Waals surface area contributed by atoms with Crippen molar-refractivity contribution >= 4 is 17.7 Å². The number of carbonyl (C=O) groups is 3. The van der Waals surface area contributed by atoms with E-state index in [1.807, 2.05) is 6.07 Å². The van der Waals surface area contributed by atoms with Crippen LogP contribution in [-0.4, -0.2) is 106 Å². The number of hydrogen-bond acceptors (Lipinski definition) is 9. The molecular formula is C26H34N2O9. The average molecular weight is 519 g/mol. The first-order valence-electron chi connectivity index (χ1n) is 12.4. The summed E-state index contributed by atoms with van der Waals surface area (Å²) in [5, 5.41) is 10.9. The first-order chi connectivity index (χ1) is 18.1. The molecule has 202 valence electrons. The highest BCUT2D eigenvalue weighted by atomic mass is 16.6. The summed E-state index contributed by atoms with van der Waals surface area (Å²) in [7, 11) is 0. The zero-order chi connectivity index (χ0) is 26.3. The molecule has 0 radical (unpaired) electrons. The summed E-state index contributed by atoms with van der Waals surface area (Å²) < 4.78 is 26.7. The molecule has 2 aliphatic heterocycles. The number of nitrogens with one attached hydrogen (secondary N) is 1. The molecule has 0 aliphatic carbocycles. The van der Waals surface area contributed by atoms with Crippen LogP contribution in [0.5, 0.6) is 0 Å². The van der Waals surface area contributed by atoms with Crippen molar-refractivity contribution in [1.29, 1.82) is 0 Å². The van der Waals surface area contributed by atoms with E-state index in [1.54, 1.807) is 12.1 Å². The van der Waals surface area contributed by atoms with Crippen LogP contribution in [0.25, 0.3) is 0 Å². The molecule has 1 saturated heterocycles.